The van der Waals surface area contributed by atoms with E-state index in [0.717, 1.165) is 23.5 Å². The van der Waals surface area contributed by atoms with Gasteiger partial charge in [0.2, 0.25) is 5.91 Å². The molecule has 1 aromatic rings. The molecular formula is C13H21N3OS. The predicted octanol–water partition coefficient (Wildman–Crippen LogP) is 2.29. The van der Waals surface area contributed by atoms with Crippen LogP contribution in [-0.2, 0) is 4.79 Å². The molecule has 1 aromatic heterocycles. The fourth-order valence-corrected chi connectivity index (χ4v) is 3.32. The number of nitrogens with one attached hydrogen (secondary N) is 1. The number of aromatic nitrogens is 1. The minimum atomic E-state index is -0.424. The number of hydrogen-bond donors (Lipinski definition) is 2. The molecule has 100 valence electrons. The molecule has 1 aliphatic carbocycles. The fraction of sp³-hybridized carbons (Fsp3) is 0.692. The monoisotopic (exact) mass is 267 g/mol. The molecule has 1 heterocycles. The van der Waals surface area contributed by atoms with E-state index in [1.165, 1.54) is 37.0 Å². The number of carbonyl (C=O) groups is 1. The smallest absolute Gasteiger partial charge is 0.241 e. The van der Waals surface area contributed by atoms with Crippen molar-refractivity contribution in [1.29, 1.82) is 0 Å². The summed E-state index contributed by atoms with van der Waals surface area (Å²) in [6.45, 7) is 1.93. The van der Waals surface area contributed by atoms with Gasteiger partial charge in [0.05, 0.1) is 0 Å². The lowest BCUT2D eigenvalue weighted by Gasteiger charge is -2.21. The van der Waals surface area contributed by atoms with Gasteiger partial charge in [-0.25, -0.2) is 4.98 Å². The van der Waals surface area contributed by atoms with Crippen LogP contribution in [0.4, 0.5) is 0 Å². The van der Waals surface area contributed by atoms with Crippen molar-refractivity contribution in [1.82, 2.24) is 10.3 Å². The first kappa shape index (κ1) is 13.5. The number of primary amides is 1. The van der Waals surface area contributed by atoms with E-state index in [0.29, 0.717) is 6.04 Å². The van der Waals surface area contributed by atoms with Gasteiger partial charge in [-0.3, -0.25) is 10.1 Å². The Morgan fingerprint density at radius 3 is 2.61 bits per heavy atom. The Bertz CT molecular complexity index is 397. The lowest BCUT2D eigenvalue weighted by molar-refractivity contribution is -0.120. The molecule has 18 heavy (non-hydrogen) atoms. The zero-order chi connectivity index (χ0) is 13.0. The second-order valence-corrected chi connectivity index (χ2v) is 5.91. The lowest BCUT2D eigenvalue weighted by atomic mass is 10.1. The fourth-order valence-electron chi connectivity index (χ4n) is 2.46. The van der Waals surface area contributed by atoms with E-state index in [-0.39, 0.29) is 5.91 Å². The van der Waals surface area contributed by atoms with Crippen LogP contribution in [0.15, 0.2) is 5.38 Å². The zero-order valence-electron chi connectivity index (χ0n) is 10.8. The maximum absolute atomic E-state index is 11.6. The molecule has 5 heteroatoms. The van der Waals surface area contributed by atoms with E-state index in [4.69, 9.17) is 5.73 Å². The first-order valence-electron chi connectivity index (χ1n) is 6.64. The van der Waals surface area contributed by atoms with Crippen molar-refractivity contribution in [3.63, 3.8) is 0 Å². The number of aryl methyl sites for hydroxylation is 1. The molecule has 0 radical (unpaired) electrons. The maximum Gasteiger partial charge on any atom is 0.241 e. The van der Waals surface area contributed by atoms with E-state index in [9.17, 15) is 4.79 Å². The third-order valence-electron chi connectivity index (χ3n) is 3.43. The largest absolute Gasteiger partial charge is 0.368 e. The van der Waals surface area contributed by atoms with E-state index >= 15 is 0 Å². The Morgan fingerprint density at radius 2 is 2.11 bits per heavy atom. The highest BCUT2D eigenvalue weighted by atomic mass is 32.1. The molecule has 1 saturated carbocycles. The van der Waals surface area contributed by atoms with Gasteiger partial charge in [-0.2, -0.15) is 0 Å². The minimum Gasteiger partial charge on any atom is -0.368 e. The van der Waals surface area contributed by atoms with Crippen LogP contribution in [0.25, 0.3) is 0 Å². The molecule has 1 aliphatic rings. The van der Waals surface area contributed by atoms with Crippen molar-refractivity contribution in [3.05, 3.63) is 16.1 Å². The number of carbonyl (C=O) groups excluding carboxylic acids is 1. The van der Waals surface area contributed by atoms with Gasteiger partial charge in [-0.1, -0.05) is 25.7 Å². The van der Waals surface area contributed by atoms with Crippen LogP contribution in [0, 0.1) is 6.92 Å². The molecule has 1 unspecified atom stereocenters. The quantitative estimate of drug-likeness (QED) is 0.822. The molecule has 1 atom stereocenters. The number of rotatable bonds is 4. The highest BCUT2D eigenvalue weighted by Gasteiger charge is 2.24. The highest BCUT2D eigenvalue weighted by Crippen LogP contribution is 2.23. The zero-order valence-corrected chi connectivity index (χ0v) is 11.6. The Hall–Kier alpha value is -0.940. The summed E-state index contributed by atoms with van der Waals surface area (Å²) in [6, 6.07) is -0.0268. The maximum atomic E-state index is 11.6. The SMILES string of the molecule is Cc1csc(C(NC2CCCCCC2)C(N)=O)n1. The molecule has 3 N–H and O–H groups in total. The first-order valence-corrected chi connectivity index (χ1v) is 7.52. The molecule has 0 bridgehead atoms. The van der Waals surface area contributed by atoms with E-state index in [1.54, 1.807) is 0 Å². The van der Waals surface area contributed by atoms with Crippen LogP contribution < -0.4 is 11.1 Å². The summed E-state index contributed by atoms with van der Waals surface area (Å²) in [4.78, 5) is 16.0. The molecular weight excluding hydrogens is 246 g/mol. The van der Waals surface area contributed by atoms with Crippen LogP contribution in [0.1, 0.15) is 55.3 Å². The van der Waals surface area contributed by atoms with Gasteiger partial charge in [0.25, 0.3) is 0 Å². The van der Waals surface area contributed by atoms with Gasteiger partial charge in [0, 0.05) is 17.1 Å². The number of nitrogens with two attached hydrogens (primary N) is 1. The average molecular weight is 267 g/mol. The Kier molecular flexibility index (Phi) is 4.72. The first-order chi connectivity index (χ1) is 8.66. The van der Waals surface area contributed by atoms with Gasteiger partial charge in [-0.15, -0.1) is 11.3 Å². The molecule has 0 aliphatic heterocycles. The van der Waals surface area contributed by atoms with E-state index < -0.39 is 6.04 Å². The molecule has 0 spiro atoms. The van der Waals surface area contributed by atoms with Crippen LogP contribution >= 0.6 is 11.3 Å². The summed E-state index contributed by atoms with van der Waals surface area (Å²) in [5.41, 5.74) is 6.45. The molecule has 0 aromatic carbocycles. The van der Waals surface area contributed by atoms with E-state index in [2.05, 4.69) is 10.3 Å². The highest BCUT2D eigenvalue weighted by molar-refractivity contribution is 7.09. The summed E-state index contributed by atoms with van der Waals surface area (Å²) in [6.07, 6.45) is 7.34. The summed E-state index contributed by atoms with van der Waals surface area (Å²) in [7, 11) is 0. The molecule has 0 saturated heterocycles. The van der Waals surface area contributed by atoms with E-state index in [1.807, 2.05) is 12.3 Å². The minimum absolute atomic E-state index is 0.325. The van der Waals surface area contributed by atoms with Gasteiger partial charge < -0.3 is 5.73 Å². The van der Waals surface area contributed by atoms with Crippen molar-refractivity contribution in [2.24, 2.45) is 5.73 Å². The van der Waals surface area contributed by atoms with Crippen molar-refractivity contribution >= 4 is 17.2 Å². The number of thiazole rings is 1. The standard InChI is InChI=1S/C13H21N3OS/c1-9-8-18-13(15-9)11(12(14)17)16-10-6-4-2-3-5-7-10/h8,10-11,16H,2-7H2,1H3,(H2,14,17). The lowest BCUT2D eigenvalue weighted by Crippen LogP contribution is -2.39. The Morgan fingerprint density at radius 1 is 1.44 bits per heavy atom. The van der Waals surface area contributed by atoms with Crippen molar-refractivity contribution in [3.8, 4) is 0 Å². The second-order valence-electron chi connectivity index (χ2n) is 5.02. The number of hydrogen-bond acceptors (Lipinski definition) is 4. The molecule has 2 rings (SSSR count). The van der Waals surface area contributed by atoms with Gasteiger partial charge >= 0.3 is 0 Å². The van der Waals surface area contributed by atoms with Crippen LogP contribution in [0.5, 0.6) is 0 Å². The molecule has 1 fully saturated rings. The van der Waals surface area contributed by atoms with Crippen LogP contribution in [0.3, 0.4) is 0 Å². The topological polar surface area (TPSA) is 68.0 Å². The third-order valence-corrected chi connectivity index (χ3v) is 4.45. The van der Waals surface area contributed by atoms with Gasteiger partial charge in [0.1, 0.15) is 11.0 Å². The number of nitrogens with zero attached hydrogens (tertiary/aromatic N) is 1. The van der Waals surface area contributed by atoms with Crippen molar-refractivity contribution in [2.45, 2.75) is 57.5 Å². The summed E-state index contributed by atoms with van der Waals surface area (Å²) in [5, 5.41) is 6.15. The van der Waals surface area contributed by atoms with Crippen molar-refractivity contribution < 1.29 is 4.79 Å². The van der Waals surface area contributed by atoms with Crippen molar-refractivity contribution in [2.75, 3.05) is 0 Å². The van der Waals surface area contributed by atoms with Crippen LogP contribution in [-0.4, -0.2) is 16.9 Å². The van der Waals surface area contributed by atoms with Gasteiger partial charge in [-0.05, 0) is 19.8 Å². The summed E-state index contributed by atoms with van der Waals surface area (Å²) >= 11 is 1.51. The third kappa shape index (κ3) is 3.53. The second kappa shape index (κ2) is 6.29. The molecule has 1 amide bonds. The molecule has 4 nitrogen and oxygen atoms in total. The number of amides is 1. The average Bonchev–Trinajstić information content (AvgIpc) is 2.61. The van der Waals surface area contributed by atoms with Gasteiger partial charge in [0.15, 0.2) is 0 Å². The predicted molar refractivity (Wildman–Crippen MR) is 73.4 cm³/mol. The van der Waals surface area contributed by atoms with Crippen LogP contribution in [0.2, 0.25) is 0 Å². The summed E-state index contributed by atoms with van der Waals surface area (Å²) in [5.74, 6) is -0.325. The Labute approximate surface area is 112 Å². The Balaban J connectivity index is 2.04. The normalized spacial score (nSPS) is 19.4. The summed E-state index contributed by atoms with van der Waals surface area (Å²) < 4.78 is 0.